The van der Waals surface area contributed by atoms with Crippen LogP contribution in [0, 0.1) is 53.3 Å². The van der Waals surface area contributed by atoms with Crippen molar-refractivity contribution in [1.29, 1.82) is 0 Å². The molecule has 0 bridgehead atoms. The van der Waals surface area contributed by atoms with Crippen molar-refractivity contribution >= 4 is 80.2 Å². The zero-order chi connectivity index (χ0) is 72.9. The van der Waals surface area contributed by atoms with Crippen LogP contribution in [0.2, 0.25) is 0 Å². The molecule has 14 unspecified atom stereocenters. The van der Waals surface area contributed by atoms with Crippen LogP contribution in [0.4, 0.5) is 4.79 Å². The first-order chi connectivity index (χ1) is 48.7. The molecule has 6 fully saturated rings. The number of ether oxygens (including phenoxy) is 6. The van der Waals surface area contributed by atoms with Gasteiger partial charge in [-0.05, 0) is 48.2 Å². The van der Waals surface area contributed by atoms with Crippen LogP contribution in [0.25, 0.3) is 32.9 Å². The molecular formula is C69H63N9O24. The van der Waals surface area contributed by atoms with Crippen molar-refractivity contribution in [3.63, 3.8) is 0 Å². The molecule has 102 heavy (non-hydrogen) atoms. The van der Waals surface area contributed by atoms with Gasteiger partial charge >= 0.3 is 40.7 Å². The first-order valence-corrected chi connectivity index (χ1v) is 31.8. The highest BCUT2D eigenvalue weighted by atomic mass is 16.6. The van der Waals surface area contributed by atoms with Gasteiger partial charge in [0.15, 0.2) is 34.0 Å². The molecule has 4 aliphatic carbocycles. The van der Waals surface area contributed by atoms with E-state index in [0.717, 1.165) is 27.3 Å². The van der Waals surface area contributed by atoms with E-state index in [1.165, 1.54) is 82.8 Å². The number of imide groups is 2. The number of rotatable bonds is 3. The third-order valence-corrected chi connectivity index (χ3v) is 20.4. The lowest BCUT2D eigenvalue weighted by atomic mass is 9.46. The molecule has 14 atom stereocenters. The van der Waals surface area contributed by atoms with Crippen LogP contribution in [-0.2, 0) is 54.7 Å². The standard InChI is InChI=1S/C23H21N3O8.C19H16O6.C12H8O4.3C5H6N2O2/c1-5-8-11(20(28)24-19(5)27)9-6-4-7-10-13-14(26(2)23(31)25-21(13)29)17(10)33-15(7)18(32-3)16(6)34-22(30)12(8)9;1-7-10(20)6-11(21)14-12(7)15-13(14)9-5-8-3-4-24-16(8)18(23-2)17(9)25-19(15)22;1-14-12-10-8(4-5-15-10)6-7-2-3-9(13)16-11(7)12;3*1-7-3-2-4(8)6-5(7)9/h4-5,8-14,17H,1-3H3,(H,24,27,28)(H,25,29,31);3-5,7,12-15H,6H2,1-2H3;2-6H,1H3;3*2-3H,1H3,(H,6,8,9). The first-order valence-electron chi connectivity index (χ1n) is 31.8. The number of likely N-dealkylation sites (N-methyl/N-ethyl adjacent to an activating group) is 1. The highest BCUT2D eigenvalue weighted by Gasteiger charge is 2.69. The summed E-state index contributed by atoms with van der Waals surface area (Å²) in [6, 6.07) is 15.4. The average molecular weight is 1400 g/mol. The van der Waals surface area contributed by atoms with Gasteiger partial charge in [-0.15, -0.1) is 0 Å². The Morgan fingerprint density at radius 2 is 0.922 bits per heavy atom. The zero-order valence-corrected chi connectivity index (χ0v) is 55.5. The average Bonchev–Trinajstić information content (AvgIpc) is 1.17. The Kier molecular flexibility index (Phi) is 17.4. The Balaban J connectivity index is 0.000000119. The predicted molar refractivity (Wildman–Crippen MR) is 351 cm³/mol. The number of aryl methyl sites for hydroxylation is 3. The molecule has 9 aromatic rings. The fraction of sp³-hybridized carbons (Fsp3) is 0.348. The lowest BCUT2D eigenvalue weighted by Crippen LogP contribution is -2.72. The van der Waals surface area contributed by atoms with Crippen molar-refractivity contribution in [2.75, 3.05) is 28.4 Å². The van der Waals surface area contributed by atoms with Crippen molar-refractivity contribution in [2.24, 2.45) is 74.4 Å². The van der Waals surface area contributed by atoms with Gasteiger partial charge in [-0.25, -0.2) is 24.0 Å². The molecular weight excluding hydrogens is 1340 g/mol. The number of nitrogens with one attached hydrogen (secondary N) is 5. The fourth-order valence-corrected chi connectivity index (χ4v) is 15.4. The molecule has 9 aliphatic rings. The van der Waals surface area contributed by atoms with Gasteiger partial charge in [0.05, 0.1) is 70.0 Å². The fourth-order valence-electron chi connectivity index (χ4n) is 15.4. The molecule has 18 rings (SSSR count). The second-order valence-electron chi connectivity index (χ2n) is 25.7. The first kappa shape index (κ1) is 68.1. The van der Waals surface area contributed by atoms with Crippen LogP contribution in [-0.4, -0.2) is 121 Å². The van der Waals surface area contributed by atoms with E-state index in [9.17, 15) is 71.9 Å². The molecule has 4 saturated carbocycles. The third-order valence-electron chi connectivity index (χ3n) is 20.4. The van der Waals surface area contributed by atoms with E-state index in [1.807, 2.05) is 37.3 Å². The van der Waals surface area contributed by atoms with E-state index in [1.54, 1.807) is 53.7 Å². The predicted octanol–water partition coefficient (Wildman–Crippen LogP) is 2.13. The summed E-state index contributed by atoms with van der Waals surface area (Å²) in [5.74, 6) is -5.03. The smallest absolute Gasteiger partial charge is 0.336 e. The van der Waals surface area contributed by atoms with Gasteiger partial charge in [-0.1, -0.05) is 13.8 Å². The summed E-state index contributed by atoms with van der Waals surface area (Å²) in [7, 11) is 10.8. The molecule has 33 heteroatoms. The molecule has 5 aliphatic heterocycles. The van der Waals surface area contributed by atoms with Crippen LogP contribution < -0.4 is 78.4 Å². The van der Waals surface area contributed by atoms with Crippen molar-refractivity contribution in [1.82, 2.24) is 44.2 Å². The van der Waals surface area contributed by atoms with E-state index >= 15 is 0 Å². The van der Waals surface area contributed by atoms with Gasteiger partial charge in [-0.3, -0.25) is 73.5 Å². The van der Waals surface area contributed by atoms with Crippen molar-refractivity contribution in [3.8, 4) is 34.5 Å². The molecule has 11 heterocycles. The van der Waals surface area contributed by atoms with Gasteiger partial charge < -0.3 is 60.3 Å². The van der Waals surface area contributed by atoms with Gasteiger partial charge in [0, 0.05) is 139 Å². The van der Waals surface area contributed by atoms with Crippen LogP contribution in [0.15, 0.2) is 139 Å². The molecule has 3 aromatic carbocycles. The lowest BCUT2D eigenvalue weighted by molar-refractivity contribution is -0.171. The number of aromatic nitrogens is 6. The maximum absolute atomic E-state index is 13.0. The molecule has 5 amide bonds. The van der Waals surface area contributed by atoms with Crippen LogP contribution in [0.3, 0.4) is 0 Å². The number of carbonyl (C=O) groups is 8. The number of benzene rings is 3. The second kappa shape index (κ2) is 26.0. The van der Waals surface area contributed by atoms with Gasteiger partial charge in [-0.2, -0.15) is 0 Å². The highest BCUT2D eigenvalue weighted by molar-refractivity contribution is 6.08. The minimum Gasteiger partial charge on any atom is -0.490 e. The van der Waals surface area contributed by atoms with Crippen LogP contribution in [0.5, 0.6) is 34.5 Å². The maximum atomic E-state index is 13.0. The van der Waals surface area contributed by atoms with E-state index < -0.39 is 77.2 Å². The Hall–Kier alpha value is -12.5. The van der Waals surface area contributed by atoms with Crippen LogP contribution >= 0.6 is 0 Å². The number of fused-ring (bicyclic) bond motifs is 21. The SMILES string of the molecule is COc1c2c(cc3c1OC(=O)C1C3C3C(=O)NC(=O)C(C)C31)C1C(O2)C2C1C(=O)NC(=O)N2C.COc1c2c(cc3ccoc13)C1C3C(=O)CC(=O)C(C)C3C1C(=O)O2.COc1c2occc2cc2ccc(=O)oc12.Cn1ccc(=O)[nH]c1=O.Cn1ccc(=O)[nH]c1=O.Cn1ccc(=O)[nH]c1=O. The number of urea groups is 1. The number of aromatic amines is 3. The normalized spacial score (nSPS) is 25.9. The Morgan fingerprint density at radius 3 is 1.46 bits per heavy atom. The number of hydrogen-bond donors (Lipinski definition) is 5. The van der Waals surface area contributed by atoms with E-state index in [2.05, 4.69) is 25.6 Å². The summed E-state index contributed by atoms with van der Waals surface area (Å²) in [6.45, 7) is 3.53. The molecule has 5 N–H and O–H groups in total. The summed E-state index contributed by atoms with van der Waals surface area (Å²) in [5.41, 5.74) is 1.04. The monoisotopic (exact) mass is 1400 g/mol. The number of Topliss-reactive ketones (excluding diaryl/α,β-unsaturated/α-hetero) is 2. The number of nitrogens with zero attached hydrogens (tertiary/aromatic N) is 4. The number of furan rings is 2. The molecule has 0 radical (unpaired) electrons. The number of amides is 5. The van der Waals surface area contributed by atoms with Gasteiger partial charge in [0.2, 0.25) is 35.0 Å². The van der Waals surface area contributed by atoms with Gasteiger partial charge in [0.1, 0.15) is 17.7 Å². The van der Waals surface area contributed by atoms with Crippen molar-refractivity contribution in [2.45, 2.75) is 50.2 Å². The van der Waals surface area contributed by atoms with Crippen LogP contribution in [0.1, 0.15) is 54.7 Å². The van der Waals surface area contributed by atoms with E-state index in [0.29, 0.717) is 45.3 Å². The number of hydrogen-bond acceptors (Lipinski definition) is 24. The summed E-state index contributed by atoms with van der Waals surface area (Å²) in [6.07, 6.45) is 6.90. The maximum Gasteiger partial charge on any atom is 0.336 e. The molecule has 6 aromatic heterocycles. The Labute approximate surface area is 571 Å². The van der Waals surface area contributed by atoms with E-state index in [4.69, 9.17) is 41.7 Å². The summed E-state index contributed by atoms with van der Waals surface area (Å²) < 4.78 is 53.5. The summed E-state index contributed by atoms with van der Waals surface area (Å²) >= 11 is 0. The topological polar surface area (TPSA) is 440 Å². The van der Waals surface area contributed by atoms with E-state index in [-0.39, 0.29) is 111 Å². The Bertz CT molecular complexity index is 5360. The molecule has 0 spiro atoms. The van der Waals surface area contributed by atoms with Crippen molar-refractivity contribution < 1.29 is 80.0 Å². The number of methoxy groups -OCH3 is 3. The van der Waals surface area contributed by atoms with Gasteiger partial charge in [0.25, 0.3) is 16.7 Å². The number of ketones is 2. The molecule has 33 nitrogen and oxygen atoms in total. The number of H-pyrrole nitrogens is 3. The number of carbonyl (C=O) groups excluding carboxylic acids is 8. The summed E-state index contributed by atoms with van der Waals surface area (Å²) in [4.78, 5) is 182. The highest BCUT2D eigenvalue weighted by Crippen LogP contribution is 2.67. The quantitative estimate of drug-likeness (QED) is 0.0556. The summed E-state index contributed by atoms with van der Waals surface area (Å²) in [5, 5.41) is 7.37. The number of esters is 2. The molecule has 2 saturated heterocycles. The molecule has 528 valence electrons. The third kappa shape index (κ3) is 11.2. The minimum absolute atomic E-state index is 0.0407. The minimum atomic E-state index is -0.612. The number of piperidine rings is 1. The Morgan fingerprint density at radius 1 is 0.441 bits per heavy atom. The van der Waals surface area contributed by atoms with Crippen molar-refractivity contribution in [3.05, 3.63) is 181 Å². The largest absolute Gasteiger partial charge is 0.490 e. The second-order valence-corrected chi connectivity index (χ2v) is 25.7. The lowest BCUT2D eigenvalue weighted by Gasteiger charge is -2.56. The zero-order valence-electron chi connectivity index (χ0n) is 55.5.